The second-order valence-electron chi connectivity index (χ2n) is 2.76. The number of nitrogens with one attached hydrogen (secondary N) is 1. The number of hydrogen-bond acceptors (Lipinski definition) is 2. The molecule has 0 aromatic rings. The Morgan fingerprint density at radius 2 is 2.22 bits per heavy atom. The van der Waals surface area contributed by atoms with Crippen LogP contribution >= 0.6 is 12.6 Å². The van der Waals surface area contributed by atoms with Gasteiger partial charge in [0, 0.05) is 0 Å². The van der Waals surface area contributed by atoms with E-state index in [9.17, 15) is 0 Å². The molecule has 1 aliphatic rings. The lowest BCUT2D eigenvalue weighted by Crippen LogP contribution is -2.36. The van der Waals surface area contributed by atoms with Crippen LogP contribution in [0.5, 0.6) is 0 Å². The number of rotatable bonds is 0. The molecule has 1 rings (SSSR count). The first-order valence-corrected chi connectivity index (χ1v) is 3.41. The highest BCUT2D eigenvalue weighted by atomic mass is 32.1. The third-order valence-electron chi connectivity index (χ3n) is 1.22. The summed E-state index contributed by atoms with van der Waals surface area (Å²) in [5.74, 6) is 0. The molecule has 0 saturated heterocycles. The van der Waals surface area contributed by atoms with Crippen molar-refractivity contribution in [1.29, 1.82) is 0 Å². The predicted molar refractivity (Wildman–Crippen MR) is 43.4 cm³/mol. The third kappa shape index (κ3) is 1.79. The van der Waals surface area contributed by atoms with Crippen LogP contribution in [-0.4, -0.2) is 5.54 Å². The molecule has 0 unspecified atom stereocenters. The molecule has 0 radical (unpaired) electrons. The van der Waals surface area contributed by atoms with Crippen LogP contribution in [0.1, 0.15) is 13.8 Å². The smallest absolute Gasteiger partial charge is 0.0656 e. The highest BCUT2D eigenvalue weighted by molar-refractivity contribution is 7.84. The summed E-state index contributed by atoms with van der Waals surface area (Å²) in [6.07, 6.45) is 6.06. The maximum Gasteiger partial charge on any atom is 0.0656 e. The molecule has 9 heavy (non-hydrogen) atoms. The molecule has 0 aromatic carbocycles. The topological polar surface area (TPSA) is 12.0 Å². The summed E-state index contributed by atoms with van der Waals surface area (Å²) in [7, 11) is 0. The van der Waals surface area contributed by atoms with E-state index in [1.54, 1.807) is 0 Å². The molecule has 0 spiro atoms. The highest BCUT2D eigenvalue weighted by Gasteiger charge is 2.14. The van der Waals surface area contributed by atoms with Crippen molar-refractivity contribution in [2.75, 3.05) is 0 Å². The van der Waals surface area contributed by atoms with Crippen LogP contribution in [0, 0.1) is 0 Å². The normalized spacial score (nSPS) is 22.8. The SMILES string of the molecule is CC1(C)C=CC=C(S)N1. The van der Waals surface area contributed by atoms with Gasteiger partial charge in [-0.2, -0.15) is 0 Å². The Balaban J connectivity index is 2.73. The first kappa shape index (κ1) is 6.75. The van der Waals surface area contributed by atoms with E-state index >= 15 is 0 Å². The van der Waals surface area contributed by atoms with Gasteiger partial charge in [0.25, 0.3) is 0 Å². The fourth-order valence-corrected chi connectivity index (χ4v) is 1.17. The van der Waals surface area contributed by atoms with E-state index in [-0.39, 0.29) is 5.54 Å². The van der Waals surface area contributed by atoms with Crippen LogP contribution in [0.4, 0.5) is 0 Å². The average molecular weight is 141 g/mol. The van der Waals surface area contributed by atoms with Gasteiger partial charge in [0.1, 0.15) is 0 Å². The zero-order valence-corrected chi connectivity index (χ0v) is 6.57. The number of dihydropyridines is 1. The fourth-order valence-electron chi connectivity index (χ4n) is 0.793. The summed E-state index contributed by atoms with van der Waals surface area (Å²) in [6.45, 7) is 4.21. The summed E-state index contributed by atoms with van der Waals surface area (Å²) in [6, 6.07) is 0. The average Bonchev–Trinajstić information content (AvgIpc) is 1.60. The second kappa shape index (κ2) is 2.10. The Bertz CT molecular complexity index is 168. The summed E-state index contributed by atoms with van der Waals surface area (Å²) >= 11 is 4.17. The van der Waals surface area contributed by atoms with Crippen LogP contribution in [0.3, 0.4) is 0 Å². The van der Waals surface area contributed by atoms with Gasteiger partial charge in [-0.05, 0) is 19.9 Å². The van der Waals surface area contributed by atoms with Crippen LogP contribution in [-0.2, 0) is 0 Å². The lowest BCUT2D eigenvalue weighted by Gasteiger charge is -2.25. The van der Waals surface area contributed by atoms with E-state index in [0.29, 0.717) is 0 Å². The monoisotopic (exact) mass is 141 g/mol. The zero-order valence-electron chi connectivity index (χ0n) is 5.68. The lowest BCUT2D eigenvalue weighted by molar-refractivity contribution is 0.542. The van der Waals surface area contributed by atoms with Crippen molar-refractivity contribution in [2.24, 2.45) is 0 Å². The third-order valence-corrected chi connectivity index (χ3v) is 1.48. The molecule has 2 heteroatoms. The van der Waals surface area contributed by atoms with Gasteiger partial charge in [-0.25, -0.2) is 0 Å². The molecule has 0 saturated carbocycles. The van der Waals surface area contributed by atoms with Crippen molar-refractivity contribution in [1.82, 2.24) is 5.32 Å². The molecule has 50 valence electrons. The van der Waals surface area contributed by atoms with Gasteiger partial charge in [0.2, 0.25) is 0 Å². The van der Waals surface area contributed by atoms with E-state index in [0.717, 1.165) is 5.03 Å². The number of allylic oxidation sites excluding steroid dienone is 2. The van der Waals surface area contributed by atoms with Crippen molar-refractivity contribution in [2.45, 2.75) is 19.4 Å². The molecule has 1 heterocycles. The Kier molecular flexibility index (Phi) is 1.58. The second-order valence-corrected chi connectivity index (χ2v) is 3.24. The van der Waals surface area contributed by atoms with Crippen LogP contribution in [0.2, 0.25) is 0 Å². The predicted octanol–water partition coefficient (Wildman–Crippen LogP) is 1.70. The minimum Gasteiger partial charge on any atom is -0.372 e. The molecule has 0 atom stereocenters. The van der Waals surface area contributed by atoms with Gasteiger partial charge in [-0.15, -0.1) is 12.6 Å². The molecule has 1 nitrogen and oxygen atoms in total. The largest absolute Gasteiger partial charge is 0.372 e. The summed E-state index contributed by atoms with van der Waals surface area (Å²) in [5, 5.41) is 4.13. The maximum absolute atomic E-state index is 4.17. The van der Waals surface area contributed by atoms with Gasteiger partial charge < -0.3 is 5.32 Å². The molecular formula is C7H11NS. The van der Waals surface area contributed by atoms with Crippen molar-refractivity contribution >= 4 is 12.6 Å². The Labute approximate surface area is 61.2 Å². The first-order chi connectivity index (χ1) is 4.10. The lowest BCUT2D eigenvalue weighted by atomic mass is 10.0. The summed E-state index contributed by atoms with van der Waals surface area (Å²) in [5.41, 5.74) is 0.0752. The van der Waals surface area contributed by atoms with E-state index in [1.807, 2.05) is 12.2 Å². The molecule has 1 aliphatic heterocycles. The number of thiol groups is 1. The van der Waals surface area contributed by atoms with E-state index in [1.165, 1.54) is 0 Å². The molecule has 0 bridgehead atoms. The van der Waals surface area contributed by atoms with Crippen molar-refractivity contribution < 1.29 is 0 Å². The van der Waals surface area contributed by atoms with Gasteiger partial charge in [0.15, 0.2) is 0 Å². The molecule has 0 fully saturated rings. The highest BCUT2D eigenvalue weighted by Crippen LogP contribution is 2.13. The number of hydrogen-bond donors (Lipinski definition) is 2. The zero-order chi connectivity index (χ0) is 6.91. The summed E-state index contributed by atoms with van der Waals surface area (Å²) in [4.78, 5) is 0. The molecule has 0 aromatic heterocycles. The standard InChI is InChI=1S/C7H11NS/c1-7(2)5-3-4-6(9)8-7/h3-5,8-9H,1-2H3. The van der Waals surface area contributed by atoms with Gasteiger partial charge in [0.05, 0.1) is 10.6 Å². The Morgan fingerprint density at radius 3 is 2.56 bits per heavy atom. The van der Waals surface area contributed by atoms with Gasteiger partial charge in [-0.1, -0.05) is 12.2 Å². The maximum atomic E-state index is 4.17. The molecular weight excluding hydrogens is 130 g/mol. The van der Waals surface area contributed by atoms with Crippen molar-refractivity contribution in [3.63, 3.8) is 0 Å². The van der Waals surface area contributed by atoms with E-state index in [2.05, 4.69) is 37.9 Å². The van der Waals surface area contributed by atoms with Crippen LogP contribution in [0.25, 0.3) is 0 Å². The van der Waals surface area contributed by atoms with Gasteiger partial charge in [-0.3, -0.25) is 0 Å². The van der Waals surface area contributed by atoms with Crippen LogP contribution in [0.15, 0.2) is 23.3 Å². The van der Waals surface area contributed by atoms with E-state index < -0.39 is 0 Å². The Hall–Kier alpha value is -0.370. The molecule has 0 aliphatic carbocycles. The van der Waals surface area contributed by atoms with E-state index in [4.69, 9.17) is 0 Å². The fraction of sp³-hybridized carbons (Fsp3) is 0.429. The quantitative estimate of drug-likeness (QED) is 0.489. The van der Waals surface area contributed by atoms with Crippen LogP contribution < -0.4 is 5.32 Å². The summed E-state index contributed by atoms with van der Waals surface area (Å²) < 4.78 is 0. The van der Waals surface area contributed by atoms with Crippen molar-refractivity contribution in [3.8, 4) is 0 Å². The molecule has 1 N–H and O–H groups in total. The van der Waals surface area contributed by atoms with Crippen molar-refractivity contribution in [3.05, 3.63) is 23.3 Å². The minimum atomic E-state index is 0.0752. The van der Waals surface area contributed by atoms with Gasteiger partial charge >= 0.3 is 0 Å². The Morgan fingerprint density at radius 1 is 1.56 bits per heavy atom. The minimum absolute atomic E-state index is 0.0752. The first-order valence-electron chi connectivity index (χ1n) is 2.97. The molecule has 0 amide bonds.